The molecular weight excluding hydrogens is 338 g/mol. The zero-order chi connectivity index (χ0) is 11.7. The van der Waals surface area contributed by atoms with Gasteiger partial charge in [0.25, 0.3) is 0 Å². The fraction of sp³-hybridized carbons (Fsp3) is 0.182. The number of rotatable bonds is 2. The van der Waals surface area contributed by atoms with Gasteiger partial charge in [0.05, 0.1) is 6.20 Å². The molecule has 1 heterocycles. The van der Waals surface area contributed by atoms with Gasteiger partial charge in [-0.2, -0.15) is 5.10 Å². The molecule has 84 valence electrons. The van der Waals surface area contributed by atoms with E-state index in [9.17, 15) is 5.11 Å². The molecule has 0 fully saturated rings. The lowest BCUT2D eigenvalue weighted by Crippen LogP contribution is -2.01. The molecular formula is C11H10ClIN2O. The van der Waals surface area contributed by atoms with E-state index in [1.165, 1.54) is 0 Å². The summed E-state index contributed by atoms with van der Waals surface area (Å²) in [6.45, 7) is 0. The largest absolute Gasteiger partial charge is 0.384 e. The normalized spacial score (nSPS) is 12.8. The van der Waals surface area contributed by atoms with Gasteiger partial charge in [-0.15, -0.1) is 0 Å². The highest BCUT2D eigenvalue weighted by molar-refractivity contribution is 14.1. The third-order valence-corrected chi connectivity index (χ3v) is 3.51. The summed E-state index contributed by atoms with van der Waals surface area (Å²) in [4.78, 5) is 0. The number of hydrogen-bond donors (Lipinski definition) is 1. The quantitative estimate of drug-likeness (QED) is 0.848. The van der Waals surface area contributed by atoms with Crippen LogP contribution in [0.2, 0.25) is 5.02 Å². The minimum absolute atomic E-state index is 0.623. The zero-order valence-corrected chi connectivity index (χ0v) is 11.5. The molecule has 0 spiro atoms. The Labute approximate surface area is 112 Å². The van der Waals surface area contributed by atoms with Crippen molar-refractivity contribution in [1.29, 1.82) is 0 Å². The Hall–Kier alpha value is -0.590. The van der Waals surface area contributed by atoms with Crippen LogP contribution in [0, 0.1) is 3.57 Å². The number of benzene rings is 1. The number of aryl methyl sites for hydroxylation is 1. The fourth-order valence-corrected chi connectivity index (χ4v) is 2.30. The van der Waals surface area contributed by atoms with Gasteiger partial charge < -0.3 is 5.11 Å². The maximum atomic E-state index is 10.2. The number of aromatic nitrogens is 2. The first-order valence-electron chi connectivity index (χ1n) is 4.69. The van der Waals surface area contributed by atoms with E-state index >= 15 is 0 Å². The highest BCUT2D eigenvalue weighted by Crippen LogP contribution is 2.28. The van der Waals surface area contributed by atoms with E-state index < -0.39 is 6.10 Å². The van der Waals surface area contributed by atoms with Gasteiger partial charge in [0.1, 0.15) is 6.10 Å². The van der Waals surface area contributed by atoms with E-state index in [0.717, 1.165) is 14.7 Å². The average molecular weight is 349 g/mol. The van der Waals surface area contributed by atoms with Crippen molar-refractivity contribution in [1.82, 2.24) is 9.78 Å². The molecule has 1 unspecified atom stereocenters. The maximum absolute atomic E-state index is 10.2. The van der Waals surface area contributed by atoms with Crippen molar-refractivity contribution in [2.45, 2.75) is 6.10 Å². The second-order valence-electron chi connectivity index (χ2n) is 3.52. The average Bonchev–Trinajstić information content (AvgIpc) is 2.67. The van der Waals surface area contributed by atoms with Gasteiger partial charge >= 0.3 is 0 Å². The van der Waals surface area contributed by atoms with Crippen LogP contribution in [0.25, 0.3) is 0 Å². The monoisotopic (exact) mass is 348 g/mol. The Kier molecular flexibility index (Phi) is 3.51. The SMILES string of the molecule is Cn1cc(C(O)c2cc(Cl)ccc2I)cn1. The van der Waals surface area contributed by atoms with Crippen LogP contribution in [-0.2, 0) is 7.05 Å². The summed E-state index contributed by atoms with van der Waals surface area (Å²) in [5, 5.41) is 14.9. The molecule has 1 atom stereocenters. The molecule has 0 aliphatic heterocycles. The van der Waals surface area contributed by atoms with E-state index in [0.29, 0.717) is 5.02 Å². The minimum Gasteiger partial charge on any atom is -0.384 e. The van der Waals surface area contributed by atoms with Crippen molar-refractivity contribution in [2.24, 2.45) is 7.05 Å². The van der Waals surface area contributed by atoms with Gasteiger partial charge in [0.2, 0.25) is 0 Å². The summed E-state index contributed by atoms with van der Waals surface area (Å²) in [6.07, 6.45) is 2.77. The lowest BCUT2D eigenvalue weighted by molar-refractivity contribution is 0.219. The maximum Gasteiger partial charge on any atom is 0.108 e. The molecule has 0 amide bonds. The summed E-state index contributed by atoms with van der Waals surface area (Å²) in [6, 6.07) is 5.47. The Morgan fingerprint density at radius 1 is 1.50 bits per heavy atom. The Morgan fingerprint density at radius 2 is 2.25 bits per heavy atom. The smallest absolute Gasteiger partial charge is 0.108 e. The molecule has 1 aromatic heterocycles. The predicted octanol–water partition coefficient (Wildman–Crippen LogP) is 2.76. The zero-order valence-electron chi connectivity index (χ0n) is 8.56. The highest BCUT2D eigenvalue weighted by atomic mass is 127. The van der Waals surface area contributed by atoms with Gasteiger partial charge in [-0.05, 0) is 46.4 Å². The highest BCUT2D eigenvalue weighted by Gasteiger charge is 2.15. The van der Waals surface area contributed by atoms with Crippen LogP contribution in [0.4, 0.5) is 0 Å². The van der Waals surface area contributed by atoms with Gasteiger partial charge in [0.15, 0.2) is 0 Å². The molecule has 0 aliphatic rings. The Morgan fingerprint density at radius 3 is 2.88 bits per heavy atom. The van der Waals surface area contributed by atoms with Crippen molar-refractivity contribution in [2.75, 3.05) is 0 Å². The number of halogens is 2. The molecule has 0 aliphatic carbocycles. The summed E-state index contributed by atoms with van der Waals surface area (Å²) in [5.74, 6) is 0. The van der Waals surface area contributed by atoms with E-state index in [1.54, 1.807) is 23.1 Å². The standard InChI is InChI=1S/C11H10ClIN2O/c1-15-6-7(5-14-15)11(16)9-4-8(12)2-3-10(9)13/h2-6,11,16H,1H3. The lowest BCUT2D eigenvalue weighted by atomic mass is 10.1. The molecule has 0 saturated heterocycles. The number of aliphatic hydroxyl groups is 1. The van der Waals surface area contributed by atoms with Crippen LogP contribution in [0.1, 0.15) is 17.2 Å². The summed E-state index contributed by atoms with van der Waals surface area (Å²) >= 11 is 8.10. The minimum atomic E-state index is -0.681. The van der Waals surface area contributed by atoms with E-state index in [2.05, 4.69) is 27.7 Å². The molecule has 16 heavy (non-hydrogen) atoms. The first-order chi connectivity index (χ1) is 7.58. The van der Waals surface area contributed by atoms with Crippen LogP contribution < -0.4 is 0 Å². The van der Waals surface area contributed by atoms with Gasteiger partial charge in [-0.25, -0.2) is 0 Å². The summed E-state index contributed by atoms with van der Waals surface area (Å²) in [5.41, 5.74) is 1.57. The van der Waals surface area contributed by atoms with Crippen LogP contribution >= 0.6 is 34.2 Å². The van der Waals surface area contributed by atoms with Crippen molar-refractivity contribution in [3.8, 4) is 0 Å². The molecule has 5 heteroatoms. The predicted molar refractivity (Wildman–Crippen MR) is 71.4 cm³/mol. The van der Waals surface area contributed by atoms with Crippen molar-refractivity contribution >= 4 is 34.2 Å². The van der Waals surface area contributed by atoms with Gasteiger partial charge in [0, 0.05) is 27.4 Å². The van der Waals surface area contributed by atoms with Crippen LogP contribution in [0.3, 0.4) is 0 Å². The van der Waals surface area contributed by atoms with Crippen molar-refractivity contribution < 1.29 is 5.11 Å². The van der Waals surface area contributed by atoms with Gasteiger partial charge in [-0.3, -0.25) is 4.68 Å². The Balaban J connectivity index is 2.40. The number of hydrogen-bond acceptors (Lipinski definition) is 2. The second-order valence-corrected chi connectivity index (χ2v) is 5.11. The number of nitrogens with zero attached hydrogens (tertiary/aromatic N) is 2. The van der Waals surface area contributed by atoms with Crippen molar-refractivity contribution in [3.63, 3.8) is 0 Å². The first-order valence-corrected chi connectivity index (χ1v) is 6.15. The van der Waals surface area contributed by atoms with Crippen LogP contribution in [0.5, 0.6) is 0 Å². The van der Waals surface area contributed by atoms with Gasteiger partial charge in [-0.1, -0.05) is 11.6 Å². The first kappa shape index (κ1) is 11.9. The third-order valence-electron chi connectivity index (χ3n) is 2.29. The Bertz CT molecular complexity index is 512. The van der Waals surface area contributed by atoms with Crippen LogP contribution in [0.15, 0.2) is 30.6 Å². The molecule has 0 saturated carbocycles. The van der Waals surface area contributed by atoms with E-state index in [4.69, 9.17) is 11.6 Å². The lowest BCUT2D eigenvalue weighted by Gasteiger charge is -2.11. The molecule has 0 bridgehead atoms. The topological polar surface area (TPSA) is 38.0 Å². The molecule has 2 aromatic rings. The third kappa shape index (κ3) is 2.39. The van der Waals surface area contributed by atoms with Crippen molar-refractivity contribution in [3.05, 3.63) is 50.3 Å². The molecule has 1 aromatic carbocycles. The fourth-order valence-electron chi connectivity index (χ4n) is 1.49. The van der Waals surface area contributed by atoms with E-state index in [1.807, 2.05) is 19.2 Å². The van der Waals surface area contributed by atoms with E-state index in [-0.39, 0.29) is 0 Å². The second kappa shape index (κ2) is 4.73. The summed E-state index contributed by atoms with van der Waals surface area (Å²) in [7, 11) is 1.82. The number of aliphatic hydroxyl groups excluding tert-OH is 1. The molecule has 3 nitrogen and oxygen atoms in total. The molecule has 1 N–H and O–H groups in total. The summed E-state index contributed by atoms with van der Waals surface area (Å²) < 4.78 is 2.65. The molecule has 0 radical (unpaired) electrons. The molecule has 2 rings (SSSR count). The van der Waals surface area contributed by atoms with Crippen LogP contribution in [-0.4, -0.2) is 14.9 Å².